The Labute approximate surface area is 291 Å². The summed E-state index contributed by atoms with van der Waals surface area (Å²) in [6.07, 6.45) is 0. The second-order valence-electron chi connectivity index (χ2n) is 13.6. The molecule has 0 amide bonds. The van der Waals surface area contributed by atoms with Crippen molar-refractivity contribution in [2.75, 3.05) is 0 Å². The zero-order valence-corrected chi connectivity index (χ0v) is 27.5. The van der Waals surface area contributed by atoms with Crippen LogP contribution < -0.4 is 0 Å². The Morgan fingerprint density at radius 1 is 0.275 bits per heavy atom. The molecular weight excluding hydrogens is 621 g/mol. The Bertz CT molecular complexity index is 3380. The van der Waals surface area contributed by atoms with Crippen LogP contribution in [0, 0.1) is 0 Å². The molecular formula is C48H28N2O. The maximum atomic E-state index is 7.14. The Morgan fingerprint density at radius 3 is 1.24 bits per heavy atom. The van der Waals surface area contributed by atoms with Crippen LogP contribution >= 0.6 is 0 Å². The third kappa shape index (κ3) is 3.52. The highest BCUT2D eigenvalue weighted by Gasteiger charge is 2.22. The van der Waals surface area contributed by atoms with Crippen LogP contribution in [0.15, 0.2) is 174 Å². The van der Waals surface area contributed by atoms with Gasteiger partial charge in [0.05, 0.1) is 32.8 Å². The Balaban J connectivity index is 1.18. The molecule has 51 heavy (non-hydrogen) atoms. The van der Waals surface area contributed by atoms with E-state index < -0.39 is 0 Å². The molecule has 12 rings (SSSR count). The van der Waals surface area contributed by atoms with Crippen LogP contribution in [0.2, 0.25) is 0 Å². The van der Waals surface area contributed by atoms with Gasteiger partial charge in [-0.15, -0.1) is 0 Å². The zero-order chi connectivity index (χ0) is 33.2. The summed E-state index contributed by atoms with van der Waals surface area (Å²) in [6, 6.07) is 61.6. The normalized spacial score (nSPS) is 12.3. The molecule has 12 aromatic rings. The maximum absolute atomic E-state index is 7.14. The first-order valence-electron chi connectivity index (χ1n) is 17.5. The lowest BCUT2D eigenvalue weighted by Gasteiger charge is -2.13. The van der Waals surface area contributed by atoms with Crippen molar-refractivity contribution >= 4 is 97.9 Å². The standard InChI is InChI=1S/C48H28N2O/c1-2-12-29(13-3-1)49-41-20-10-8-18-38(41)45-43(49)26-24-36-37-25-27-44-46(48(37)51-47(36)45)39-19-9-11-21-42(39)50(44)30-22-23-35-33-16-5-4-14-31(33)32-15-6-7-17-34(32)40(35)28-30/h1-28H. The molecule has 0 N–H and O–H groups in total. The maximum Gasteiger partial charge on any atom is 0.145 e. The van der Waals surface area contributed by atoms with E-state index in [1.807, 2.05) is 0 Å². The molecule has 0 unspecified atom stereocenters. The average Bonchev–Trinajstić information content (AvgIpc) is 3.86. The first-order valence-corrected chi connectivity index (χ1v) is 17.5. The lowest BCUT2D eigenvalue weighted by atomic mass is 9.94. The first-order chi connectivity index (χ1) is 25.3. The predicted molar refractivity (Wildman–Crippen MR) is 215 cm³/mol. The summed E-state index contributed by atoms with van der Waals surface area (Å²) in [5.41, 5.74) is 8.75. The SMILES string of the molecule is c1ccc(-n2c3ccccc3c3c4oc5c(ccc6c5c5ccccc5n6-c5ccc6c7ccccc7c7ccccc7c6c5)c4ccc32)cc1. The second kappa shape index (κ2) is 9.87. The summed E-state index contributed by atoms with van der Waals surface area (Å²) in [7, 11) is 0. The van der Waals surface area contributed by atoms with Crippen molar-refractivity contribution in [3.63, 3.8) is 0 Å². The number of rotatable bonds is 2. The lowest BCUT2D eigenvalue weighted by Crippen LogP contribution is -1.94. The highest BCUT2D eigenvalue weighted by molar-refractivity contribution is 6.29. The van der Waals surface area contributed by atoms with Crippen LogP contribution in [0.4, 0.5) is 0 Å². The Morgan fingerprint density at radius 2 is 0.686 bits per heavy atom. The van der Waals surface area contributed by atoms with Crippen LogP contribution in [0.5, 0.6) is 0 Å². The molecule has 9 aromatic carbocycles. The minimum Gasteiger partial charge on any atom is -0.455 e. The van der Waals surface area contributed by atoms with Gasteiger partial charge in [0.2, 0.25) is 0 Å². The van der Waals surface area contributed by atoms with Crippen LogP contribution in [0.3, 0.4) is 0 Å². The number of fused-ring (bicyclic) bond motifs is 17. The molecule has 0 atom stereocenters. The van der Waals surface area contributed by atoms with Crippen molar-refractivity contribution in [1.82, 2.24) is 9.13 Å². The Hall–Kier alpha value is -6.84. The molecule has 236 valence electrons. The van der Waals surface area contributed by atoms with Gasteiger partial charge in [0, 0.05) is 32.9 Å². The minimum absolute atomic E-state index is 0.929. The number of furan rings is 1. The number of nitrogens with zero attached hydrogens (tertiary/aromatic N) is 2. The van der Waals surface area contributed by atoms with Gasteiger partial charge in [-0.1, -0.05) is 109 Å². The van der Waals surface area contributed by atoms with E-state index in [0.717, 1.165) is 60.6 Å². The smallest absolute Gasteiger partial charge is 0.145 e. The average molecular weight is 649 g/mol. The summed E-state index contributed by atoms with van der Waals surface area (Å²) in [6.45, 7) is 0. The van der Waals surface area contributed by atoms with Crippen LogP contribution in [-0.4, -0.2) is 9.13 Å². The van der Waals surface area contributed by atoms with E-state index in [4.69, 9.17) is 4.42 Å². The first kappa shape index (κ1) is 27.0. The largest absolute Gasteiger partial charge is 0.455 e. The van der Waals surface area contributed by atoms with Gasteiger partial charge in [-0.2, -0.15) is 0 Å². The van der Waals surface area contributed by atoms with Crippen molar-refractivity contribution in [2.45, 2.75) is 0 Å². The predicted octanol–water partition coefficient (Wildman–Crippen LogP) is 13.2. The molecule has 0 aliphatic rings. The number of hydrogen-bond acceptors (Lipinski definition) is 1. The van der Waals surface area contributed by atoms with E-state index in [1.165, 1.54) is 48.6 Å². The fourth-order valence-corrected chi connectivity index (χ4v) is 8.96. The van der Waals surface area contributed by atoms with Crippen molar-refractivity contribution in [2.24, 2.45) is 0 Å². The van der Waals surface area contributed by atoms with Gasteiger partial charge in [0.1, 0.15) is 11.2 Å². The quantitative estimate of drug-likeness (QED) is 0.171. The lowest BCUT2D eigenvalue weighted by molar-refractivity contribution is 0.677. The van der Waals surface area contributed by atoms with Gasteiger partial charge in [0.15, 0.2) is 0 Å². The molecule has 0 aliphatic heterocycles. The molecule has 0 spiro atoms. The molecule has 0 fully saturated rings. The van der Waals surface area contributed by atoms with Gasteiger partial charge in [-0.05, 0) is 93.0 Å². The van der Waals surface area contributed by atoms with Crippen LogP contribution in [0.25, 0.3) is 109 Å². The van der Waals surface area contributed by atoms with Gasteiger partial charge < -0.3 is 13.6 Å². The van der Waals surface area contributed by atoms with Gasteiger partial charge >= 0.3 is 0 Å². The molecule has 0 radical (unpaired) electrons. The van der Waals surface area contributed by atoms with Crippen LogP contribution in [-0.2, 0) is 0 Å². The molecule has 0 saturated heterocycles. The Kier molecular flexibility index (Phi) is 5.23. The minimum atomic E-state index is 0.929. The van der Waals surface area contributed by atoms with Crippen molar-refractivity contribution in [3.05, 3.63) is 170 Å². The molecule has 3 heterocycles. The molecule has 0 aliphatic carbocycles. The summed E-state index contributed by atoms with van der Waals surface area (Å²) in [5.74, 6) is 0. The number of aromatic nitrogens is 2. The molecule has 0 saturated carbocycles. The van der Waals surface area contributed by atoms with Gasteiger partial charge in [-0.25, -0.2) is 0 Å². The molecule has 3 nitrogen and oxygen atoms in total. The van der Waals surface area contributed by atoms with E-state index in [1.54, 1.807) is 0 Å². The van der Waals surface area contributed by atoms with Crippen molar-refractivity contribution < 1.29 is 4.42 Å². The van der Waals surface area contributed by atoms with Gasteiger partial charge in [-0.3, -0.25) is 0 Å². The third-order valence-electron chi connectivity index (χ3n) is 11.1. The summed E-state index contributed by atoms with van der Waals surface area (Å²) < 4.78 is 11.9. The fourth-order valence-electron chi connectivity index (χ4n) is 8.96. The highest BCUT2D eigenvalue weighted by Crippen LogP contribution is 2.45. The molecule has 0 bridgehead atoms. The second-order valence-corrected chi connectivity index (χ2v) is 13.6. The van der Waals surface area contributed by atoms with E-state index >= 15 is 0 Å². The third-order valence-corrected chi connectivity index (χ3v) is 11.1. The van der Waals surface area contributed by atoms with Crippen LogP contribution in [0.1, 0.15) is 0 Å². The molecule has 3 aromatic heterocycles. The topological polar surface area (TPSA) is 23.0 Å². The fraction of sp³-hybridized carbons (Fsp3) is 0. The highest BCUT2D eigenvalue weighted by atomic mass is 16.3. The van der Waals surface area contributed by atoms with E-state index in [9.17, 15) is 0 Å². The van der Waals surface area contributed by atoms with Crippen molar-refractivity contribution in [1.29, 1.82) is 0 Å². The zero-order valence-electron chi connectivity index (χ0n) is 27.5. The number of para-hydroxylation sites is 3. The number of hydrogen-bond donors (Lipinski definition) is 0. The van der Waals surface area contributed by atoms with E-state index in [2.05, 4.69) is 179 Å². The molecule has 3 heteroatoms. The van der Waals surface area contributed by atoms with Gasteiger partial charge in [0.25, 0.3) is 0 Å². The summed E-state index contributed by atoms with van der Waals surface area (Å²) >= 11 is 0. The van der Waals surface area contributed by atoms with Crippen molar-refractivity contribution in [3.8, 4) is 11.4 Å². The van der Waals surface area contributed by atoms with E-state index in [-0.39, 0.29) is 0 Å². The summed E-state index contributed by atoms with van der Waals surface area (Å²) in [5, 5.41) is 14.6. The van der Waals surface area contributed by atoms with E-state index in [0.29, 0.717) is 0 Å². The number of benzene rings is 9. The monoisotopic (exact) mass is 648 g/mol. The summed E-state index contributed by atoms with van der Waals surface area (Å²) in [4.78, 5) is 0.